The number of anilines is 1. The van der Waals surface area contributed by atoms with Gasteiger partial charge in [-0.25, -0.2) is 4.98 Å². The molecule has 0 aliphatic carbocycles. The van der Waals surface area contributed by atoms with Gasteiger partial charge in [0.2, 0.25) is 0 Å². The van der Waals surface area contributed by atoms with Gasteiger partial charge in [-0.1, -0.05) is 29.3 Å². The predicted molar refractivity (Wildman–Crippen MR) is 126 cm³/mol. The maximum Gasteiger partial charge on any atom is 0.264 e. The Hall–Kier alpha value is -2.92. The lowest BCUT2D eigenvalue weighted by Crippen LogP contribution is -2.48. The number of aryl methyl sites for hydroxylation is 3. The van der Waals surface area contributed by atoms with E-state index >= 15 is 0 Å². The van der Waals surface area contributed by atoms with Crippen molar-refractivity contribution in [2.75, 3.05) is 31.1 Å². The van der Waals surface area contributed by atoms with E-state index in [0.717, 1.165) is 52.2 Å². The van der Waals surface area contributed by atoms with Crippen LogP contribution in [0.4, 0.5) is 5.69 Å². The molecule has 1 amide bonds. The molecule has 0 spiro atoms. The van der Waals surface area contributed by atoms with Gasteiger partial charge in [0, 0.05) is 42.6 Å². The van der Waals surface area contributed by atoms with Crippen LogP contribution in [-0.2, 0) is 0 Å². The summed E-state index contributed by atoms with van der Waals surface area (Å²) in [6, 6.07) is 17.0. The average Bonchev–Trinajstić information content (AvgIpc) is 3.14. The van der Waals surface area contributed by atoms with Crippen LogP contribution < -0.4 is 4.90 Å². The number of carbonyl (C=O) groups excluding carboxylic acids is 1. The van der Waals surface area contributed by atoms with E-state index in [0.29, 0.717) is 0 Å². The third kappa shape index (κ3) is 3.43. The summed E-state index contributed by atoms with van der Waals surface area (Å²) in [7, 11) is 0. The van der Waals surface area contributed by atoms with E-state index in [-0.39, 0.29) is 5.91 Å². The lowest BCUT2D eigenvalue weighted by Gasteiger charge is -2.36. The number of thiophene rings is 1. The first-order valence-corrected chi connectivity index (χ1v) is 11.2. The van der Waals surface area contributed by atoms with Crippen LogP contribution in [0.15, 0.2) is 48.5 Å². The molecule has 1 aliphatic heterocycles. The molecule has 0 saturated carbocycles. The second kappa shape index (κ2) is 7.40. The smallest absolute Gasteiger partial charge is 0.264 e. The molecule has 0 radical (unpaired) electrons. The fourth-order valence-electron chi connectivity index (χ4n) is 4.33. The number of aromatic nitrogens is 1. The summed E-state index contributed by atoms with van der Waals surface area (Å²) in [6.07, 6.45) is 0. The largest absolute Gasteiger partial charge is 0.368 e. The summed E-state index contributed by atoms with van der Waals surface area (Å²) >= 11 is 1.50. The van der Waals surface area contributed by atoms with Crippen LogP contribution in [-0.4, -0.2) is 42.0 Å². The number of rotatable bonds is 2. The molecule has 5 rings (SSSR count). The molecule has 5 heteroatoms. The van der Waals surface area contributed by atoms with Crippen LogP contribution in [0.2, 0.25) is 0 Å². The maximum absolute atomic E-state index is 13.2. The first-order valence-electron chi connectivity index (χ1n) is 10.4. The number of benzene rings is 2. The molecule has 3 heterocycles. The Labute approximate surface area is 180 Å². The third-order valence-electron chi connectivity index (χ3n) is 5.93. The molecule has 1 saturated heterocycles. The summed E-state index contributed by atoms with van der Waals surface area (Å²) in [5.74, 6) is 0.124. The van der Waals surface area contributed by atoms with Gasteiger partial charge in [0.05, 0.1) is 10.4 Å². The number of carbonyl (C=O) groups is 1. The molecule has 0 N–H and O–H groups in total. The van der Waals surface area contributed by atoms with Crippen LogP contribution >= 0.6 is 11.3 Å². The molecule has 152 valence electrons. The SMILES string of the molecule is Cc1ccc(N2CCN(C(=O)c3cc4cc5cc(C)ccc5nc4s3)CC2)c(C)c1. The Morgan fingerprint density at radius 1 is 0.867 bits per heavy atom. The Morgan fingerprint density at radius 3 is 2.37 bits per heavy atom. The minimum absolute atomic E-state index is 0.124. The van der Waals surface area contributed by atoms with Gasteiger partial charge in [0.15, 0.2) is 0 Å². The van der Waals surface area contributed by atoms with Crippen molar-refractivity contribution >= 4 is 44.1 Å². The highest BCUT2D eigenvalue weighted by atomic mass is 32.1. The highest BCUT2D eigenvalue weighted by molar-refractivity contribution is 7.20. The fraction of sp³-hybridized carbons (Fsp3) is 0.280. The normalized spacial score (nSPS) is 14.6. The first-order chi connectivity index (χ1) is 14.5. The number of nitrogens with zero attached hydrogens (tertiary/aromatic N) is 3. The number of fused-ring (bicyclic) bond motifs is 2. The lowest BCUT2D eigenvalue weighted by molar-refractivity contribution is 0.0751. The Balaban J connectivity index is 1.35. The van der Waals surface area contributed by atoms with E-state index in [1.54, 1.807) is 0 Å². The number of pyridine rings is 1. The molecule has 0 bridgehead atoms. The van der Waals surface area contributed by atoms with Crippen LogP contribution in [0.1, 0.15) is 26.4 Å². The highest BCUT2D eigenvalue weighted by Gasteiger charge is 2.24. The summed E-state index contributed by atoms with van der Waals surface area (Å²) in [5, 5.41) is 2.18. The summed E-state index contributed by atoms with van der Waals surface area (Å²) < 4.78 is 0. The summed E-state index contributed by atoms with van der Waals surface area (Å²) in [6.45, 7) is 9.59. The highest BCUT2D eigenvalue weighted by Crippen LogP contribution is 2.29. The van der Waals surface area contributed by atoms with Crippen molar-refractivity contribution in [2.45, 2.75) is 20.8 Å². The number of hydrogen-bond donors (Lipinski definition) is 0. The molecule has 2 aromatic carbocycles. The zero-order valence-corrected chi connectivity index (χ0v) is 18.4. The minimum Gasteiger partial charge on any atom is -0.368 e. The number of hydrogen-bond acceptors (Lipinski definition) is 4. The quantitative estimate of drug-likeness (QED) is 0.444. The molecule has 1 aliphatic rings. The maximum atomic E-state index is 13.2. The van der Waals surface area contributed by atoms with Crippen molar-refractivity contribution in [1.82, 2.24) is 9.88 Å². The fourth-order valence-corrected chi connectivity index (χ4v) is 5.32. The molecule has 0 atom stereocenters. The van der Waals surface area contributed by atoms with Gasteiger partial charge in [-0.3, -0.25) is 4.79 Å². The molecular formula is C25H25N3OS. The molecule has 4 aromatic rings. The van der Waals surface area contributed by atoms with E-state index in [2.05, 4.69) is 68.1 Å². The van der Waals surface area contributed by atoms with Gasteiger partial charge in [-0.15, -0.1) is 11.3 Å². The molecule has 2 aromatic heterocycles. The lowest BCUT2D eigenvalue weighted by atomic mass is 10.1. The topological polar surface area (TPSA) is 36.4 Å². The third-order valence-corrected chi connectivity index (χ3v) is 6.96. The predicted octanol–water partition coefficient (Wildman–Crippen LogP) is 5.34. The molecule has 4 nitrogen and oxygen atoms in total. The van der Waals surface area contributed by atoms with Crippen molar-refractivity contribution in [3.63, 3.8) is 0 Å². The van der Waals surface area contributed by atoms with Crippen molar-refractivity contribution in [3.8, 4) is 0 Å². The zero-order valence-electron chi connectivity index (χ0n) is 17.6. The van der Waals surface area contributed by atoms with Crippen LogP contribution in [0.25, 0.3) is 21.1 Å². The van der Waals surface area contributed by atoms with Crippen molar-refractivity contribution in [1.29, 1.82) is 0 Å². The second-order valence-corrected chi connectivity index (χ2v) is 9.29. The first kappa shape index (κ1) is 19.1. The van der Waals surface area contributed by atoms with Gasteiger partial charge in [-0.2, -0.15) is 0 Å². The van der Waals surface area contributed by atoms with E-state index in [9.17, 15) is 4.79 Å². The minimum atomic E-state index is 0.124. The van der Waals surface area contributed by atoms with E-state index in [4.69, 9.17) is 4.98 Å². The Morgan fingerprint density at radius 2 is 1.60 bits per heavy atom. The zero-order chi connectivity index (χ0) is 20.8. The number of amides is 1. The standard InChI is InChI=1S/C25H25N3OS/c1-16-5-7-22(18(3)12-16)27-8-10-28(11-9-27)25(29)23-15-20-14-19-13-17(2)4-6-21(19)26-24(20)30-23/h4-7,12-15H,8-11H2,1-3H3. The molecule has 30 heavy (non-hydrogen) atoms. The second-order valence-electron chi connectivity index (χ2n) is 8.26. The van der Waals surface area contributed by atoms with Gasteiger partial charge in [-0.05, 0) is 56.7 Å². The van der Waals surface area contributed by atoms with Crippen LogP contribution in [0.3, 0.4) is 0 Å². The number of piperazine rings is 1. The molecule has 1 fully saturated rings. The van der Waals surface area contributed by atoms with Gasteiger partial charge < -0.3 is 9.80 Å². The van der Waals surface area contributed by atoms with E-state index in [1.165, 1.54) is 33.7 Å². The molecular weight excluding hydrogens is 390 g/mol. The van der Waals surface area contributed by atoms with Crippen LogP contribution in [0, 0.1) is 20.8 Å². The van der Waals surface area contributed by atoms with Crippen LogP contribution in [0.5, 0.6) is 0 Å². The van der Waals surface area contributed by atoms with Gasteiger partial charge in [0.25, 0.3) is 5.91 Å². The average molecular weight is 416 g/mol. The summed E-state index contributed by atoms with van der Waals surface area (Å²) in [5.41, 5.74) is 6.06. The van der Waals surface area contributed by atoms with Gasteiger partial charge >= 0.3 is 0 Å². The summed E-state index contributed by atoms with van der Waals surface area (Å²) in [4.78, 5) is 24.0. The van der Waals surface area contributed by atoms with Gasteiger partial charge in [0.1, 0.15) is 4.83 Å². The van der Waals surface area contributed by atoms with E-state index in [1.807, 2.05) is 11.0 Å². The monoisotopic (exact) mass is 415 g/mol. The van der Waals surface area contributed by atoms with E-state index < -0.39 is 0 Å². The Bertz CT molecular complexity index is 1270. The van der Waals surface area contributed by atoms with Crippen molar-refractivity contribution in [2.24, 2.45) is 0 Å². The van der Waals surface area contributed by atoms with Crippen molar-refractivity contribution < 1.29 is 4.79 Å². The molecule has 0 unspecified atom stereocenters. The van der Waals surface area contributed by atoms with Crippen molar-refractivity contribution in [3.05, 3.63) is 70.1 Å². The Kier molecular flexibility index (Phi) is 4.70.